The van der Waals surface area contributed by atoms with Crippen LogP contribution < -0.4 is 14.8 Å². The average Bonchev–Trinajstić information content (AvgIpc) is 2.54. The molecule has 0 heterocycles. The summed E-state index contributed by atoms with van der Waals surface area (Å²) in [6, 6.07) is 10.9. The van der Waals surface area contributed by atoms with Crippen molar-refractivity contribution in [1.82, 2.24) is 0 Å². The molecule has 4 nitrogen and oxygen atoms in total. The van der Waals surface area contributed by atoms with Gasteiger partial charge in [0, 0.05) is 11.3 Å². The number of carbonyl (C=O) groups is 1. The summed E-state index contributed by atoms with van der Waals surface area (Å²) in [6.07, 6.45) is 0. The number of nitrogens with one attached hydrogen (secondary N) is 1. The molecule has 0 spiro atoms. The Labute approximate surface area is 141 Å². The first-order valence-electron chi connectivity index (χ1n) is 7.29. The van der Waals surface area contributed by atoms with Gasteiger partial charge in [-0.2, -0.15) is 0 Å². The number of carbonyl (C=O) groups excluding carboxylic acids is 1. The monoisotopic (exact) mass is 333 g/mol. The van der Waals surface area contributed by atoms with Crippen molar-refractivity contribution in [2.24, 2.45) is 0 Å². The summed E-state index contributed by atoms with van der Waals surface area (Å²) in [5.41, 5.74) is 2.28. The van der Waals surface area contributed by atoms with Crippen molar-refractivity contribution in [2.75, 3.05) is 19.5 Å². The number of hydrogen-bond donors (Lipinski definition) is 1. The SMILES string of the molecule is COc1cc(C(=O)Nc2ccccc2C(C)C)cc(Cl)c1OC. The molecule has 1 N–H and O–H groups in total. The fourth-order valence-electron chi connectivity index (χ4n) is 2.36. The molecule has 0 aliphatic heterocycles. The molecule has 23 heavy (non-hydrogen) atoms. The third-order valence-corrected chi connectivity index (χ3v) is 3.81. The molecule has 0 saturated carbocycles. The molecule has 1 amide bonds. The number of hydrogen-bond acceptors (Lipinski definition) is 3. The van der Waals surface area contributed by atoms with E-state index in [1.165, 1.54) is 14.2 Å². The topological polar surface area (TPSA) is 47.6 Å². The number of rotatable bonds is 5. The molecule has 2 aromatic rings. The summed E-state index contributed by atoms with van der Waals surface area (Å²) in [5, 5.41) is 3.26. The van der Waals surface area contributed by atoms with Crippen LogP contribution in [0.5, 0.6) is 11.5 Å². The van der Waals surface area contributed by atoms with E-state index in [1.54, 1.807) is 12.1 Å². The second-order valence-electron chi connectivity index (χ2n) is 5.39. The van der Waals surface area contributed by atoms with Gasteiger partial charge in [-0.25, -0.2) is 0 Å². The molecule has 0 unspecified atom stereocenters. The number of anilines is 1. The zero-order valence-corrected chi connectivity index (χ0v) is 14.4. The highest BCUT2D eigenvalue weighted by molar-refractivity contribution is 6.32. The Balaban J connectivity index is 2.34. The molecule has 0 atom stereocenters. The number of methoxy groups -OCH3 is 2. The molecule has 5 heteroatoms. The van der Waals surface area contributed by atoms with E-state index >= 15 is 0 Å². The van der Waals surface area contributed by atoms with Crippen molar-refractivity contribution in [3.63, 3.8) is 0 Å². The van der Waals surface area contributed by atoms with E-state index in [0.717, 1.165) is 11.3 Å². The van der Waals surface area contributed by atoms with Crippen LogP contribution in [-0.4, -0.2) is 20.1 Å². The fourth-order valence-corrected chi connectivity index (χ4v) is 2.65. The lowest BCUT2D eigenvalue weighted by Crippen LogP contribution is -2.14. The van der Waals surface area contributed by atoms with Gasteiger partial charge in [0.2, 0.25) is 0 Å². The van der Waals surface area contributed by atoms with Gasteiger partial charge in [-0.3, -0.25) is 4.79 Å². The van der Waals surface area contributed by atoms with Crippen LogP contribution in [0.4, 0.5) is 5.69 Å². The van der Waals surface area contributed by atoms with E-state index in [1.807, 2.05) is 24.3 Å². The molecule has 0 saturated heterocycles. The molecule has 0 fully saturated rings. The Bertz CT molecular complexity index is 713. The summed E-state index contributed by atoms with van der Waals surface area (Å²) in [7, 11) is 3.01. The molecule has 0 radical (unpaired) electrons. The van der Waals surface area contributed by atoms with E-state index < -0.39 is 0 Å². The van der Waals surface area contributed by atoms with Gasteiger partial charge in [-0.15, -0.1) is 0 Å². The minimum absolute atomic E-state index is 0.249. The Kier molecular flexibility index (Phi) is 5.50. The van der Waals surface area contributed by atoms with Crippen LogP contribution in [0.2, 0.25) is 5.02 Å². The zero-order chi connectivity index (χ0) is 17.0. The molecule has 0 aromatic heterocycles. The Morgan fingerprint density at radius 1 is 1.13 bits per heavy atom. The van der Waals surface area contributed by atoms with Gasteiger partial charge in [0.25, 0.3) is 5.91 Å². The first kappa shape index (κ1) is 17.2. The van der Waals surface area contributed by atoms with Crippen LogP contribution in [0.25, 0.3) is 0 Å². The highest BCUT2D eigenvalue weighted by atomic mass is 35.5. The van der Waals surface area contributed by atoms with Crippen LogP contribution in [0.15, 0.2) is 36.4 Å². The molecule has 0 aliphatic carbocycles. The van der Waals surface area contributed by atoms with Gasteiger partial charge in [0.15, 0.2) is 11.5 Å². The van der Waals surface area contributed by atoms with Gasteiger partial charge in [0.1, 0.15) is 0 Å². The van der Waals surface area contributed by atoms with Crippen molar-refractivity contribution >= 4 is 23.2 Å². The average molecular weight is 334 g/mol. The second-order valence-corrected chi connectivity index (χ2v) is 5.80. The zero-order valence-electron chi connectivity index (χ0n) is 13.6. The minimum Gasteiger partial charge on any atom is -0.493 e. The number of halogens is 1. The number of ether oxygens (including phenoxy) is 2. The summed E-state index contributed by atoms with van der Waals surface area (Å²) in [6.45, 7) is 4.16. The standard InChI is InChI=1S/C18H20ClNO3/c1-11(2)13-7-5-6-8-15(13)20-18(21)12-9-14(19)17(23-4)16(10-12)22-3/h5-11H,1-4H3,(H,20,21). The highest BCUT2D eigenvalue weighted by Gasteiger charge is 2.16. The largest absolute Gasteiger partial charge is 0.493 e. The molecular weight excluding hydrogens is 314 g/mol. The number of amides is 1. The quantitative estimate of drug-likeness (QED) is 0.860. The number of para-hydroxylation sites is 1. The maximum Gasteiger partial charge on any atom is 0.255 e. The van der Waals surface area contributed by atoms with Gasteiger partial charge in [-0.05, 0) is 29.7 Å². The van der Waals surface area contributed by atoms with Gasteiger partial charge >= 0.3 is 0 Å². The van der Waals surface area contributed by atoms with Crippen LogP contribution in [-0.2, 0) is 0 Å². The predicted octanol–water partition coefficient (Wildman–Crippen LogP) is 4.73. The van der Waals surface area contributed by atoms with Gasteiger partial charge in [0.05, 0.1) is 19.2 Å². The summed E-state index contributed by atoms with van der Waals surface area (Å²) in [5.74, 6) is 0.886. The molecule has 2 rings (SSSR count). The molecule has 0 bridgehead atoms. The van der Waals surface area contributed by atoms with Crippen molar-refractivity contribution < 1.29 is 14.3 Å². The van der Waals surface area contributed by atoms with E-state index in [2.05, 4.69) is 19.2 Å². The first-order valence-corrected chi connectivity index (χ1v) is 7.67. The van der Waals surface area contributed by atoms with Crippen LogP contribution in [0.3, 0.4) is 0 Å². The number of benzene rings is 2. The van der Waals surface area contributed by atoms with Gasteiger partial charge in [-0.1, -0.05) is 43.6 Å². The lowest BCUT2D eigenvalue weighted by molar-refractivity contribution is 0.102. The van der Waals surface area contributed by atoms with Crippen LogP contribution in [0.1, 0.15) is 35.7 Å². The maximum atomic E-state index is 12.5. The third kappa shape index (κ3) is 3.77. The lowest BCUT2D eigenvalue weighted by Gasteiger charge is -2.15. The third-order valence-electron chi connectivity index (χ3n) is 3.53. The van der Waals surface area contributed by atoms with Crippen LogP contribution in [0, 0.1) is 0 Å². The first-order chi connectivity index (χ1) is 11.0. The van der Waals surface area contributed by atoms with Crippen molar-refractivity contribution in [3.05, 3.63) is 52.5 Å². The van der Waals surface area contributed by atoms with Gasteiger partial charge < -0.3 is 14.8 Å². The lowest BCUT2D eigenvalue weighted by atomic mass is 10.0. The smallest absolute Gasteiger partial charge is 0.255 e. The normalized spacial score (nSPS) is 10.5. The predicted molar refractivity (Wildman–Crippen MR) is 93.0 cm³/mol. The summed E-state index contributed by atoms with van der Waals surface area (Å²) >= 11 is 6.16. The van der Waals surface area contributed by atoms with Crippen molar-refractivity contribution in [1.29, 1.82) is 0 Å². The van der Waals surface area contributed by atoms with Crippen molar-refractivity contribution in [3.8, 4) is 11.5 Å². The van der Waals surface area contributed by atoms with E-state index in [4.69, 9.17) is 21.1 Å². The van der Waals surface area contributed by atoms with Crippen molar-refractivity contribution in [2.45, 2.75) is 19.8 Å². The molecule has 0 aliphatic rings. The fraction of sp³-hybridized carbons (Fsp3) is 0.278. The minimum atomic E-state index is -0.249. The summed E-state index contributed by atoms with van der Waals surface area (Å²) < 4.78 is 10.4. The van der Waals surface area contributed by atoms with E-state index in [9.17, 15) is 4.79 Å². The van der Waals surface area contributed by atoms with E-state index in [0.29, 0.717) is 28.0 Å². The molecular formula is C18H20ClNO3. The Hall–Kier alpha value is -2.20. The van der Waals surface area contributed by atoms with Crippen LogP contribution >= 0.6 is 11.6 Å². The summed E-state index contributed by atoms with van der Waals surface area (Å²) in [4.78, 5) is 12.5. The Morgan fingerprint density at radius 2 is 1.83 bits per heavy atom. The molecule has 2 aromatic carbocycles. The highest BCUT2D eigenvalue weighted by Crippen LogP contribution is 2.36. The second kappa shape index (κ2) is 7.38. The maximum absolute atomic E-state index is 12.5. The molecule has 122 valence electrons. The van der Waals surface area contributed by atoms with E-state index in [-0.39, 0.29) is 5.91 Å². The Morgan fingerprint density at radius 3 is 2.43 bits per heavy atom.